The smallest absolute Gasteiger partial charge is 0.307 e. The second-order valence-corrected chi connectivity index (χ2v) is 9.54. The normalized spacial score (nSPS) is 11.4. The predicted molar refractivity (Wildman–Crippen MR) is 120 cm³/mol. The molecule has 0 fully saturated rings. The Labute approximate surface area is 183 Å². The molecule has 2 aromatic carbocycles. The van der Waals surface area contributed by atoms with Crippen molar-refractivity contribution in [2.24, 2.45) is 0 Å². The minimum atomic E-state index is -3.91. The number of rotatable bonds is 7. The van der Waals surface area contributed by atoms with E-state index in [1.54, 1.807) is 10.7 Å². The van der Waals surface area contributed by atoms with Crippen molar-refractivity contribution in [2.45, 2.75) is 18.2 Å². The van der Waals surface area contributed by atoms with Gasteiger partial charge in [-0.1, -0.05) is 36.4 Å². The van der Waals surface area contributed by atoms with Crippen LogP contribution in [-0.4, -0.2) is 29.3 Å². The quantitative estimate of drug-likeness (QED) is 0.434. The number of aliphatic carboxylic acids is 1. The third-order valence-corrected chi connectivity index (χ3v) is 6.92. The molecule has 0 saturated heterocycles. The standard InChI is InChI=1S/C22H19N3O4S2/c1-15-5-2-3-6-19(15)25-21(14-18(23-25)20-7-4-12-30-20)24-31(28,29)17-10-8-16(9-11-17)13-22(26)27/h2-12,14,24H,13H2,1H3,(H,26,27). The van der Waals surface area contributed by atoms with Crippen LogP contribution in [0.15, 0.2) is 77.0 Å². The summed E-state index contributed by atoms with van der Waals surface area (Å²) in [6.07, 6.45) is -0.169. The largest absolute Gasteiger partial charge is 0.481 e. The van der Waals surface area contributed by atoms with Gasteiger partial charge < -0.3 is 5.11 Å². The van der Waals surface area contributed by atoms with E-state index < -0.39 is 16.0 Å². The van der Waals surface area contributed by atoms with Crippen LogP contribution in [0.2, 0.25) is 0 Å². The fourth-order valence-corrected chi connectivity index (χ4v) is 4.86. The first kappa shape index (κ1) is 20.8. The molecule has 0 bridgehead atoms. The van der Waals surface area contributed by atoms with Crippen LogP contribution in [-0.2, 0) is 21.2 Å². The highest BCUT2D eigenvalue weighted by atomic mass is 32.2. The number of sulfonamides is 1. The number of aryl methyl sites for hydroxylation is 1. The van der Waals surface area contributed by atoms with Gasteiger partial charge >= 0.3 is 5.97 Å². The van der Waals surface area contributed by atoms with Crippen LogP contribution >= 0.6 is 11.3 Å². The maximum absolute atomic E-state index is 13.0. The van der Waals surface area contributed by atoms with Gasteiger partial charge in [-0.25, -0.2) is 13.1 Å². The molecular formula is C22H19N3O4S2. The lowest BCUT2D eigenvalue weighted by molar-refractivity contribution is -0.136. The number of carboxylic acid groups (broad SMARTS) is 1. The van der Waals surface area contributed by atoms with Gasteiger partial charge in [0.1, 0.15) is 11.5 Å². The zero-order valence-corrected chi connectivity index (χ0v) is 18.2. The minimum Gasteiger partial charge on any atom is -0.481 e. The van der Waals surface area contributed by atoms with E-state index in [0.717, 1.165) is 16.1 Å². The van der Waals surface area contributed by atoms with Crippen molar-refractivity contribution in [1.82, 2.24) is 9.78 Å². The summed E-state index contributed by atoms with van der Waals surface area (Å²) in [4.78, 5) is 11.8. The predicted octanol–water partition coefficient (Wildman–Crippen LogP) is 4.34. The first-order valence-electron chi connectivity index (χ1n) is 9.37. The molecule has 0 radical (unpaired) electrons. The zero-order valence-electron chi connectivity index (χ0n) is 16.5. The molecule has 0 spiro atoms. The van der Waals surface area contributed by atoms with E-state index in [0.29, 0.717) is 17.1 Å². The highest BCUT2D eigenvalue weighted by molar-refractivity contribution is 7.92. The lowest BCUT2D eigenvalue weighted by atomic mass is 10.2. The number of para-hydroxylation sites is 1. The van der Waals surface area contributed by atoms with Gasteiger partial charge in [-0.05, 0) is 47.7 Å². The van der Waals surface area contributed by atoms with Gasteiger partial charge in [0.25, 0.3) is 10.0 Å². The Balaban J connectivity index is 1.73. The number of benzene rings is 2. The average molecular weight is 454 g/mol. The lowest BCUT2D eigenvalue weighted by Crippen LogP contribution is -2.16. The summed E-state index contributed by atoms with van der Waals surface area (Å²) < 4.78 is 30.3. The van der Waals surface area contributed by atoms with Gasteiger partial charge in [-0.3, -0.25) is 9.52 Å². The van der Waals surface area contributed by atoms with Crippen LogP contribution in [0.3, 0.4) is 0 Å². The summed E-state index contributed by atoms with van der Waals surface area (Å²) in [5, 5.41) is 15.5. The molecule has 7 nitrogen and oxygen atoms in total. The van der Waals surface area contributed by atoms with Crippen LogP contribution in [0.5, 0.6) is 0 Å². The van der Waals surface area contributed by atoms with Crippen LogP contribution in [0, 0.1) is 6.92 Å². The third-order valence-electron chi connectivity index (χ3n) is 4.65. The number of nitrogens with one attached hydrogen (secondary N) is 1. The van der Waals surface area contributed by atoms with E-state index in [1.165, 1.54) is 35.6 Å². The van der Waals surface area contributed by atoms with E-state index in [1.807, 2.05) is 48.7 Å². The fraction of sp³-hybridized carbons (Fsp3) is 0.0909. The summed E-state index contributed by atoms with van der Waals surface area (Å²) in [6, 6.07) is 18.9. The number of anilines is 1. The Morgan fingerprint density at radius 3 is 2.48 bits per heavy atom. The molecule has 158 valence electrons. The van der Waals surface area contributed by atoms with Crippen molar-refractivity contribution >= 4 is 33.1 Å². The molecule has 0 saturated carbocycles. The van der Waals surface area contributed by atoms with Crippen molar-refractivity contribution in [3.8, 4) is 16.3 Å². The van der Waals surface area contributed by atoms with Crippen molar-refractivity contribution in [3.63, 3.8) is 0 Å². The van der Waals surface area contributed by atoms with E-state index >= 15 is 0 Å². The Morgan fingerprint density at radius 2 is 1.84 bits per heavy atom. The summed E-state index contributed by atoms with van der Waals surface area (Å²) in [7, 11) is -3.91. The lowest BCUT2D eigenvalue weighted by Gasteiger charge is -2.12. The summed E-state index contributed by atoms with van der Waals surface area (Å²) >= 11 is 1.52. The molecule has 31 heavy (non-hydrogen) atoms. The van der Waals surface area contributed by atoms with Crippen LogP contribution < -0.4 is 4.72 Å². The van der Waals surface area contributed by atoms with Crippen LogP contribution in [0.25, 0.3) is 16.3 Å². The molecule has 2 N–H and O–H groups in total. The highest BCUT2D eigenvalue weighted by Gasteiger charge is 2.20. The Morgan fingerprint density at radius 1 is 1.10 bits per heavy atom. The molecule has 0 aliphatic rings. The number of hydrogen-bond acceptors (Lipinski definition) is 5. The number of carbonyl (C=O) groups is 1. The zero-order chi connectivity index (χ0) is 22.0. The van der Waals surface area contributed by atoms with Gasteiger partial charge in [0, 0.05) is 6.07 Å². The fourth-order valence-electron chi connectivity index (χ4n) is 3.14. The second-order valence-electron chi connectivity index (χ2n) is 6.91. The minimum absolute atomic E-state index is 0.0387. The number of carboxylic acids is 1. The number of aromatic nitrogens is 2. The SMILES string of the molecule is Cc1ccccc1-n1nc(-c2cccs2)cc1NS(=O)(=O)c1ccc(CC(=O)O)cc1. The van der Waals surface area contributed by atoms with E-state index in [-0.39, 0.29) is 11.3 Å². The molecule has 0 aliphatic carbocycles. The number of hydrogen-bond donors (Lipinski definition) is 2. The molecule has 9 heteroatoms. The summed E-state index contributed by atoms with van der Waals surface area (Å²) in [5.74, 6) is -0.663. The first-order valence-corrected chi connectivity index (χ1v) is 11.7. The van der Waals surface area contributed by atoms with Gasteiger partial charge in [-0.2, -0.15) is 5.10 Å². The molecule has 0 amide bonds. The Bertz CT molecular complexity index is 1330. The molecule has 0 aliphatic heterocycles. The topological polar surface area (TPSA) is 101 Å². The number of nitrogens with zero attached hydrogens (tertiary/aromatic N) is 2. The maximum Gasteiger partial charge on any atom is 0.307 e. The van der Waals surface area contributed by atoms with Crippen molar-refractivity contribution in [1.29, 1.82) is 0 Å². The summed E-state index contributed by atoms with van der Waals surface area (Å²) in [6.45, 7) is 1.93. The van der Waals surface area contributed by atoms with Crippen LogP contribution in [0.4, 0.5) is 5.82 Å². The van der Waals surface area contributed by atoms with Crippen molar-refractivity contribution in [3.05, 3.63) is 83.2 Å². The highest BCUT2D eigenvalue weighted by Crippen LogP contribution is 2.30. The number of thiophene rings is 1. The molecular weight excluding hydrogens is 434 g/mol. The second kappa shape index (κ2) is 8.37. The molecule has 2 heterocycles. The third kappa shape index (κ3) is 4.52. The van der Waals surface area contributed by atoms with Crippen molar-refractivity contribution < 1.29 is 18.3 Å². The van der Waals surface area contributed by atoms with E-state index in [4.69, 9.17) is 5.11 Å². The van der Waals surface area contributed by atoms with Gasteiger partial charge in [0.05, 0.1) is 21.9 Å². The molecule has 0 unspecified atom stereocenters. The van der Waals surface area contributed by atoms with Crippen LogP contribution in [0.1, 0.15) is 11.1 Å². The molecule has 4 aromatic rings. The van der Waals surface area contributed by atoms with E-state index in [2.05, 4.69) is 9.82 Å². The van der Waals surface area contributed by atoms with Gasteiger partial charge in [0.2, 0.25) is 0 Å². The van der Waals surface area contributed by atoms with Gasteiger partial charge in [0.15, 0.2) is 0 Å². The molecule has 4 rings (SSSR count). The van der Waals surface area contributed by atoms with Crippen molar-refractivity contribution in [2.75, 3.05) is 4.72 Å². The summed E-state index contributed by atoms with van der Waals surface area (Å²) in [5.41, 5.74) is 2.89. The van der Waals surface area contributed by atoms with E-state index in [9.17, 15) is 13.2 Å². The monoisotopic (exact) mass is 453 g/mol. The first-order chi connectivity index (χ1) is 14.8. The van der Waals surface area contributed by atoms with Gasteiger partial charge in [-0.15, -0.1) is 11.3 Å². The molecule has 2 aromatic heterocycles. The maximum atomic E-state index is 13.0. The molecule has 0 atom stereocenters. The average Bonchev–Trinajstić information content (AvgIpc) is 3.38. The Kier molecular flexibility index (Phi) is 5.62. The Hall–Kier alpha value is -3.43.